The number of carboxylic acids is 1. The van der Waals surface area contributed by atoms with Gasteiger partial charge in [0.05, 0.1) is 17.5 Å². The number of hydrogen-bond donors (Lipinski definition) is 1. The van der Waals surface area contributed by atoms with E-state index in [1.54, 1.807) is 17.8 Å². The Morgan fingerprint density at radius 1 is 1.56 bits per heavy atom. The third kappa shape index (κ3) is 2.37. The minimum atomic E-state index is -0.998. The predicted octanol–water partition coefficient (Wildman–Crippen LogP) is 0.844. The van der Waals surface area contributed by atoms with Crippen LogP contribution in [0.25, 0.3) is 0 Å². The number of carbonyl (C=O) groups is 2. The molecular formula is C12H17N3O3. The molecule has 1 aliphatic rings. The second kappa shape index (κ2) is 4.80. The molecule has 1 fully saturated rings. The van der Waals surface area contributed by atoms with Gasteiger partial charge in [-0.3, -0.25) is 14.3 Å². The fourth-order valence-corrected chi connectivity index (χ4v) is 2.11. The summed E-state index contributed by atoms with van der Waals surface area (Å²) >= 11 is 0. The van der Waals surface area contributed by atoms with Crippen molar-refractivity contribution in [2.24, 2.45) is 7.05 Å². The summed E-state index contributed by atoms with van der Waals surface area (Å²) in [5, 5.41) is 12.9. The summed E-state index contributed by atoms with van der Waals surface area (Å²) in [4.78, 5) is 24.3. The van der Waals surface area contributed by atoms with Crippen LogP contribution in [0, 0.1) is 0 Å². The van der Waals surface area contributed by atoms with E-state index in [-0.39, 0.29) is 12.5 Å². The van der Waals surface area contributed by atoms with Crippen molar-refractivity contribution in [3.8, 4) is 0 Å². The second-order valence-corrected chi connectivity index (χ2v) is 4.55. The van der Waals surface area contributed by atoms with Crippen molar-refractivity contribution in [2.75, 3.05) is 13.1 Å². The Labute approximate surface area is 105 Å². The van der Waals surface area contributed by atoms with E-state index in [2.05, 4.69) is 5.10 Å². The molecule has 0 bridgehead atoms. The van der Waals surface area contributed by atoms with Gasteiger partial charge in [0.1, 0.15) is 6.54 Å². The molecule has 1 N–H and O–H groups in total. The normalized spacial score (nSPS) is 14.6. The summed E-state index contributed by atoms with van der Waals surface area (Å²) in [5.41, 5.74) is 1.48. The lowest BCUT2D eigenvalue weighted by Crippen LogP contribution is -2.35. The maximum atomic E-state index is 12.3. The molecule has 1 amide bonds. The Morgan fingerprint density at radius 3 is 2.72 bits per heavy atom. The molecule has 0 aliphatic heterocycles. The molecule has 1 saturated carbocycles. The number of aryl methyl sites for hydroxylation is 1. The first-order valence-corrected chi connectivity index (χ1v) is 6.07. The van der Waals surface area contributed by atoms with Crippen LogP contribution in [0.4, 0.5) is 0 Å². The van der Waals surface area contributed by atoms with Crippen molar-refractivity contribution in [1.82, 2.24) is 14.7 Å². The zero-order chi connectivity index (χ0) is 13.3. The van der Waals surface area contributed by atoms with Crippen LogP contribution in [0.5, 0.6) is 0 Å². The highest BCUT2D eigenvalue weighted by atomic mass is 16.4. The van der Waals surface area contributed by atoms with Crippen LogP contribution in [0.2, 0.25) is 0 Å². The smallest absolute Gasteiger partial charge is 0.323 e. The Bertz CT molecular complexity index is 477. The van der Waals surface area contributed by atoms with Gasteiger partial charge in [-0.1, -0.05) is 0 Å². The minimum Gasteiger partial charge on any atom is -0.480 e. The van der Waals surface area contributed by atoms with Crippen molar-refractivity contribution < 1.29 is 14.7 Å². The molecule has 2 rings (SSSR count). The molecule has 1 heterocycles. The number of carbonyl (C=O) groups excluding carboxylic acids is 1. The van der Waals surface area contributed by atoms with Crippen molar-refractivity contribution in [1.29, 1.82) is 0 Å². The average molecular weight is 251 g/mol. The van der Waals surface area contributed by atoms with Crippen LogP contribution in [-0.4, -0.2) is 44.8 Å². The van der Waals surface area contributed by atoms with E-state index in [0.29, 0.717) is 18.0 Å². The maximum absolute atomic E-state index is 12.3. The molecule has 1 aliphatic carbocycles. The number of nitrogens with zero attached hydrogens (tertiary/aromatic N) is 3. The fraction of sp³-hybridized carbons (Fsp3) is 0.583. The number of aromatic nitrogens is 2. The number of likely N-dealkylation sites (N-methyl/N-ethyl adjacent to an activating group) is 1. The fourth-order valence-electron chi connectivity index (χ4n) is 2.11. The summed E-state index contributed by atoms with van der Waals surface area (Å²) < 4.78 is 1.72. The zero-order valence-electron chi connectivity index (χ0n) is 10.6. The summed E-state index contributed by atoms with van der Waals surface area (Å²) in [7, 11) is 1.82. The number of carboxylic acid groups (broad SMARTS) is 1. The number of rotatable bonds is 5. The molecule has 0 atom stereocenters. The van der Waals surface area contributed by atoms with Crippen LogP contribution in [-0.2, 0) is 11.8 Å². The third-order valence-corrected chi connectivity index (χ3v) is 3.17. The summed E-state index contributed by atoms with van der Waals surface area (Å²) in [6.07, 6.45) is 3.69. The molecule has 1 aromatic heterocycles. The lowest BCUT2D eigenvalue weighted by atomic mass is 10.1. The standard InChI is InChI=1S/C12H17N3O3/c1-3-15(7-10(16)17)12(18)9-6-13-14(2)11(9)8-4-5-8/h6,8H,3-5,7H2,1-2H3,(H,16,17). The van der Waals surface area contributed by atoms with E-state index in [1.807, 2.05) is 7.05 Å². The van der Waals surface area contributed by atoms with Crippen molar-refractivity contribution in [3.63, 3.8) is 0 Å². The molecule has 6 heteroatoms. The first-order valence-electron chi connectivity index (χ1n) is 6.07. The molecule has 18 heavy (non-hydrogen) atoms. The van der Waals surface area contributed by atoms with E-state index in [4.69, 9.17) is 5.11 Å². The largest absolute Gasteiger partial charge is 0.480 e. The van der Waals surface area contributed by atoms with Gasteiger partial charge in [-0.25, -0.2) is 0 Å². The summed E-state index contributed by atoms with van der Waals surface area (Å²) in [6, 6.07) is 0. The number of hydrogen-bond acceptors (Lipinski definition) is 3. The highest BCUT2D eigenvalue weighted by Gasteiger charge is 2.33. The molecule has 0 spiro atoms. The Morgan fingerprint density at radius 2 is 2.22 bits per heavy atom. The molecule has 98 valence electrons. The van der Waals surface area contributed by atoms with Crippen molar-refractivity contribution >= 4 is 11.9 Å². The average Bonchev–Trinajstić information content (AvgIpc) is 3.08. The SMILES string of the molecule is CCN(CC(=O)O)C(=O)c1cnn(C)c1C1CC1. The molecule has 0 aromatic carbocycles. The third-order valence-electron chi connectivity index (χ3n) is 3.17. The van der Waals surface area contributed by atoms with E-state index in [0.717, 1.165) is 18.5 Å². The monoisotopic (exact) mass is 251 g/mol. The van der Waals surface area contributed by atoms with Gasteiger partial charge in [-0.2, -0.15) is 5.10 Å². The quantitative estimate of drug-likeness (QED) is 0.841. The first-order chi connectivity index (χ1) is 8.54. The van der Waals surface area contributed by atoms with E-state index >= 15 is 0 Å². The van der Waals surface area contributed by atoms with Gasteiger partial charge in [0.2, 0.25) is 0 Å². The predicted molar refractivity (Wildman–Crippen MR) is 64.4 cm³/mol. The van der Waals surface area contributed by atoms with E-state index < -0.39 is 5.97 Å². The van der Waals surface area contributed by atoms with Crippen LogP contribution in [0.1, 0.15) is 41.7 Å². The topological polar surface area (TPSA) is 75.4 Å². The molecule has 0 radical (unpaired) electrons. The maximum Gasteiger partial charge on any atom is 0.323 e. The van der Waals surface area contributed by atoms with Gasteiger partial charge in [-0.15, -0.1) is 0 Å². The highest BCUT2D eigenvalue weighted by Crippen LogP contribution is 2.41. The summed E-state index contributed by atoms with van der Waals surface area (Å²) in [6.45, 7) is 1.88. The van der Waals surface area contributed by atoms with E-state index in [9.17, 15) is 9.59 Å². The zero-order valence-corrected chi connectivity index (χ0v) is 10.6. The summed E-state index contributed by atoms with van der Waals surface area (Å²) in [5.74, 6) is -0.836. The van der Waals surface area contributed by atoms with Crippen molar-refractivity contribution in [3.05, 3.63) is 17.5 Å². The van der Waals surface area contributed by atoms with Gasteiger partial charge in [0, 0.05) is 19.5 Å². The van der Waals surface area contributed by atoms with Crippen LogP contribution >= 0.6 is 0 Å². The number of aliphatic carboxylic acids is 1. The Kier molecular flexibility index (Phi) is 3.36. The molecular weight excluding hydrogens is 234 g/mol. The molecule has 1 aromatic rings. The Balaban J connectivity index is 2.24. The van der Waals surface area contributed by atoms with Gasteiger partial charge in [0.15, 0.2) is 0 Å². The Hall–Kier alpha value is -1.85. The molecule has 6 nitrogen and oxygen atoms in total. The first kappa shape index (κ1) is 12.6. The van der Waals surface area contributed by atoms with Crippen LogP contribution in [0.3, 0.4) is 0 Å². The van der Waals surface area contributed by atoms with Gasteiger partial charge < -0.3 is 10.0 Å². The highest BCUT2D eigenvalue weighted by molar-refractivity contribution is 5.97. The number of amides is 1. The molecule has 0 unspecified atom stereocenters. The lowest BCUT2D eigenvalue weighted by molar-refractivity contribution is -0.137. The van der Waals surface area contributed by atoms with Crippen LogP contribution < -0.4 is 0 Å². The van der Waals surface area contributed by atoms with Crippen LogP contribution in [0.15, 0.2) is 6.20 Å². The minimum absolute atomic E-state index is 0.241. The van der Waals surface area contributed by atoms with Gasteiger partial charge in [-0.05, 0) is 19.8 Å². The molecule has 0 saturated heterocycles. The lowest BCUT2D eigenvalue weighted by Gasteiger charge is -2.18. The van der Waals surface area contributed by atoms with Crippen molar-refractivity contribution in [2.45, 2.75) is 25.7 Å². The van der Waals surface area contributed by atoms with Gasteiger partial charge >= 0.3 is 5.97 Å². The van der Waals surface area contributed by atoms with E-state index in [1.165, 1.54) is 4.90 Å². The van der Waals surface area contributed by atoms with Gasteiger partial charge in [0.25, 0.3) is 5.91 Å². The second-order valence-electron chi connectivity index (χ2n) is 4.55.